The van der Waals surface area contributed by atoms with Gasteiger partial charge >= 0.3 is 0 Å². The molecule has 2 atom stereocenters. The fourth-order valence-corrected chi connectivity index (χ4v) is 2.14. The first-order chi connectivity index (χ1) is 5.10. The van der Waals surface area contributed by atoms with E-state index in [1.807, 2.05) is 0 Å². The lowest BCUT2D eigenvalue weighted by molar-refractivity contribution is 0.0530. The third-order valence-electron chi connectivity index (χ3n) is 3.74. The van der Waals surface area contributed by atoms with Crippen molar-refractivity contribution in [3.63, 3.8) is 0 Å². The van der Waals surface area contributed by atoms with Crippen LogP contribution >= 0.6 is 0 Å². The molecule has 1 fully saturated rings. The van der Waals surface area contributed by atoms with Crippen molar-refractivity contribution < 1.29 is 0 Å². The van der Waals surface area contributed by atoms with Crippen LogP contribution in [0.5, 0.6) is 0 Å². The summed E-state index contributed by atoms with van der Waals surface area (Å²) in [5.41, 5.74) is 0.576. The molecule has 11 heavy (non-hydrogen) atoms. The Morgan fingerprint density at radius 2 is 2.18 bits per heavy atom. The Labute approximate surface area is 70.8 Å². The summed E-state index contributed by atoms with van der Waals surface area (Å²) < 4.78 is 0. The SMILES string of the molecule is CCC1(C)CCCN(C)C1C. The second-order valence-corrected chi connectivity index (χ2v) is 4.27. The Morgan fingerprint density at radius 3 is 2.64 bits per heavy atom. The van der Waals surface area contributed by atoms with Crippen molar-refractivity contribution in [1.29, 1.82) is 0 Å². The van der Waals surface area contributed by atoms with Crippen LogP contribution < -0.4 is 0 Å². The molecule has 0 aromatic heterocycles. The molecule has 0 aliphatic carbocycles. The molecule has 0 radical (unpaired) electrons. The van der Waals surface area contributed by atoms with Gasteiger partial charge in [0.15, 0.2) is 0 Å². The molecule has 0 aromatic carbocycles. The zero-order chi connectivity index (χ0) is 8.48. The van der Waals surface area contributed by atoms with E-state index >= 15 is 0 Å². The molecule has 66 valence electrons. The van der Waals surface area contributed by atoms with Crippen LogP contribution in [0.3, 0.4) is 0 Å². The van der Waals surface area contributed by atoms with E-state index in [-0.39, 0.29) is 0 Å². The molecule has 0 spiro atoms. The molecule has 1 rings (SSSR count). The van der Waals surface area contributed by atoms with Gasteiger partial charge in [0.25, 0.3) is 0 Å². The summed E-state index contributed by atoms with van der Waals surface area (Å²) in [6.45, 7) is 8.39. The van der Waals surface area contributed by atoms with Crippen molar-refractivity contribution in [2.45, 2.75) is 46.1 Å². The number of nitrogens with zero attached hydrogens (tertiary/aromatic N) is 1. The second kappa shape index (κ2) is 3.14. The normalized spacial score (nSPS) is 40.9. The number of hydrogen-bond donors (Lipinski definition) is 0. The molecule has 0 aromatic rings. The van der Waals surface area contributed by atoms with Gasteiger partial charge < -0.3 is 4.90 Å². The third-order valence-corrected chi connectivity index (χ3v) is 3.74. The van der Waals surface area contributed by atoms with Gasteiger partial charge in [0, 0.05) is 6.04 Å². The molecular formula is C10H21N. The predicted octanol–water partition coefficient (Wildman–Crippen LogP) is 2.52. The van der Waals surface area contributed by atoms with Gasteiger partial charge in [-0.15, -0.1) is 0 Å². The third kappa shape index (κ3) is 1.58. The van der Waals surface area contributed by atoms with E-state index in [0.29, 0.717) is 5.41 Å². The monoisotopic (exact) mass is 155 g/mol. The molecule has 0 saturated carbocycles. The Morgan fingerprint density at radius 1 is 1.55 bits per heavy atom. The molecule has 2 unspecified atom stereocenters. The van der Waals surface area contributed by atoms with Gasteiger partial charge in [-0.05, 0) is 45.2 Å². The highest BCUT2D eigenvalue weighted by Gasteiger charge is 2.34. The quantitative estimate of drug-likeness (QED) is 0.562. The van der Waals surface area contributed by atoms with Crippen molar-refractivity contribution in [3.05, 3.63) is 0 Å². The first-order valence-corrected chi connectivity index (χ1v) is 4.80. The van der Waals surface area contributed by atoms with Crippen LogP contribution in [0.15, 0.2) is 0 Å². The topological polar surface area (TPSA) is 3.24 Å². The molecule has 0 N–H and O–H groups in total. The molecule has 1 aliphatic rings. The largest absolute Gasteiger partial charge is 0.303 e. The minimum atomic E-state index is 0.576. The first kappa shape index (κ1) is 9.05. The number of hydrogen-bond acceptors (Lipinski definition) is 1. The molecule has 1 saturated heterocycles. The Balaban J connectivity index is 2.64. The average Bonchev–Trinajstić information content (AvgIpc) is 2.00. The van der Waals surface area contributed by atoms with Crippen LogP contribution in [-0.2, 0) is 0 Å². The Kier molecular flexibility index (Phi) is 2.58. The maximum absolute atomic E-state index is 2.49. The van der Waals surface area contributed by atoms with Crippen molar-refractivity contribution in [2.24, 2.45) is 5.41 Å². The highest BCUT2D eigenvalue weighted by atomic mass is 15.1. The van der Waals surface area contributed by atoms with E-state index in [9.17, 15) is 0 Å². The molecule has 1 heteroatoms. The minimum absolute atomic E-state index is 0.576. The van der Waals surface area contributed by atoms with E-state index < -0.39 is 0 Å². The number of likely N-dealkylation sites (tertiary alicyclic amines) is 1. The molecule has 1 aliphatic heterocycles. The van der Waals surface area contributed by atoms with E-state index in [1.165, 1.54) is 25.8 Å². The lowest BCUT2D eigenvalue weighted by Gasteiger charge is -2.45. The minimum Gasteiger partial charge on any atom is -0.303 e. The van der Waals surface area contributed by atoms with E-state index in [0.717, 1.165) is 6.04 Å². The molecule has 1 nitrogen and oxygen atoms in total. The van der Waals surface area contributed by atoms with E-state index in [2.05, 4.69) is 32.7 Å². The van der Waals surface area contributed by atoms with Gasteiger partial charge in [-0.25, -0.2) is 0 Å². The van der Waals surface area contributed by atoms with Gasteiger partial charge in [-0.1, -0.05) is 13.8 Å². The molecule has 0 bridgehead atoms. The van der Waals surface area contributed by atoms with E-state index in [4.69, 9.17) is 0 Å². The van der Waals surface area contributed by atoms with Crippen LogP contribution in [0.4, 0.5) is 0 Å². The summed E-state index contributed by atoms with van der Waals surface area (Å²) in [6, 6.07) is 0.765. The van der Waals surface area contributed by atoms with Gasteiger partial charge in [-0.2, -0.15) is 0 Å². The summed E-state index contributed by atoms with van der Waals surface area (Å²) in [5.74, 6) is 0. The van der Waals surface area contributed by atoms with Crippen LogP contribution in [0, 0.1) is 5.41 Å². The Bertz CT molecular complexity index is 133. The predicted molar refractivity (Wildman–Crippen MR) is 49.7 cm³/mol. The Hall–Kier alpha value is -0.0400. The summed E-state index contributed by atoms with van der Waals surface area (Å²) in [7, 11) is 2.25. The molecule has 1 heterocycles. The fraction of sp³-hybridized carbons (Fsp3) is 1.00. The van der Waals surface area contributed by atoms with Crippen molar-refractivity contribution in [2.75, 3.05) is 13.6 Å². The van der Waals surface area contributed by atoms with Crippen molar-refractivity contribution in [3.8, 4) is 0 Å². The van der Waals surface area contributed by atoms with Crippen LogP contribution in [0.25, 0.3) is 0 Å². The van der Waals surface area contributed by atoms with Gasteiger partial charge in [0.1, 0.15) is 0 Å². The van der Waals surface area contributed by atoms with Gasteiger partial charge in [0.05, 0.1) is 0 Å². The maximum atomic E-state index is 2.49. The summed E-state index contributed by atoms with van der Waals surface area (Å²) in [4.78, 5) is 2.49. The maximum Gasteiger partial charge on any atom is 0.0118 e. The summed E-state index contributed by atoms with van der Waals surface area (Å²) >= 11 is 0. The number of piperidine rings is 1. The zero-order valence-corrected chi connectivity index (χ0v) is 8.35. The standard InChI is InChI=1S/C10H21N/c1-5-10(3)7-6-8-11(4)9(10)2/h9H,5-8H2,1-4H3. The number of rotatable bonds is 1. The molecule has 0 amide bonds. The van der Waals surface area contributed by atoms with Crippen molar-refractivity contribution in [1.82, 2.24) is 4.90 Å². The van der Waals surface area contributed by atoms with Crippen LogP contribution in [0.2, 0.25) is 0 Å². The highest BCUT2D eigenvalue weighted by molar-refractivity contribution is 4.88. The average molecular weight is 155 g/mol. The van der Waals surface area contributed by atoms with Gasteiger partial charge in [0.2, 0.25) is 0 Å². The molecular weight excluding hydrogens is 134 g/mol. The van der Waals surface area contributed by atoms with E-state index in [1.54, 1.807) is 0 Å². The van der Waals surface area contributed by atoms with Crippen LogP contribution in [0.1, 0.15) is 40.0 Å². The zero-order valence-electron chi connectivity index (χ0n) is 8.35. The summed E-state index contributed by atoms with van der Waals surface area (Å²) in [5, 5.41) is 0. The summed E-state index contributed by atoms with van der Waals surface area (Å²) in [6.07, 6.45) is 4.11. The van der Waals surface area contributed by atoms with Crippen LogP contribution in [-0.4, -0.2) is 24.5 Å². The van der Waals surface area contributed by atoms with Crippen molar-refractivity contribution >= 4 is 0 Å². The first-order valence-electron chi connectivity index (χ1n) is 4.80. The lowest BCUT2D eigenvalue weighted by atomic mass is 9.74. The highest BCUT2D eigenvalue weighted by Crippen LogP contribution is 2.37. The van der Waals surface area contributed by atoms with Gasteiger partial charge in [-0.3, -0.25) is 0 Å². The smallest absolute Gasteiger partial charge is 0.0118 e. The fourth-order valence-electron chi connectivity index (χ4n) is 2.14. The second-order valence-electron chi connectivity index (χ2n) is 4.27. The lowest BCUT2D eigenvalue weighted by Crippen LogP contribution is -2.46.